The summed E-state index contributed by atoms with van der Waals surface area (Å²) in [7, 11) is 0. The first-order chi connectivity index (χ1) is 6.67. The molecule has 0 amide bonds. The number of benzene rings is 1. The van der Waals surface area contributed by atoms with E-state index in [0.717, 1.165) is 6.42 Å². The molecule has 76 valence electrons. The molecule has 1 aliphatic carbocycles. The lowest BCUT2D eigenvalue weighted by Gasteiger charge is -2.38. The van der Waals surface area contributed by atoms with E-state index in [9.17, 15) is 13.2 Å². The fourth-order valence-corrected chi connectivity index (χ4v) is 2.86. The Morgan fingerprint density at radius 1 is 1.36 bits per heavy atom. The Hall–Kier alpha value is -0.740. The number of rotatable bonds is 2. The molecule has 0 aliphatic heterocycles. The summed E-state index contributed by atoms with van der Waals surface area (Å²) < 4.78 is 33.0. The van der Waals surface area contributed by atoms with Crippen LogP contribution in [0.3, 0.4) is 0 Å². The van der Waals surface area contributed by atoms with E-state index in [2.05, 4.69) is 0 Å². The van der Waals surface area contributed by atoms with Crippen LogP contribution in [0.15, 0.2) is 24.3 Å². The van der Waals surface area contributed by atoms with E-state index < -0.39 is 15.8 Å². The van der Waals surface area contributed by atoms with Crippen molar-refractivity contribution in [3.63, 3.8) is 0 Å². The van der Waals surface area contributed by atoms with Gasteiger partial charge >= 0.3 is 0 Å². The third-order valence-electron chi connectivity index (χ3n) is 2.86. The van der Waals surface area contributed by atoms with E-state index in [1.165, 1.54) is 6.07 Å². The third kappa shape index (κ3) is 1.29. The summed E-state index contributed by atoms with van der Waals surface area (Å²) in [4.78, 5) is 0. The summed E-state index contributed by atoms with van der Waals surface area (Å²) in [5.41, 5.74) is 0.382. The molecule has 1 aromatic carbocycles. The molecular weight excluding hydrogens is 203 g/mol. The zero-order chi connectivity index (χ0) is 10.2. The first kappa shape index (κ1) is 9.80. The van der Waals surface area contributed by atoms with Crippen LogP contribution in [0.25, 0.3) is 0 Å². The number of hydrogen-bond acceptors (Lipinski definition) is 1. The number of hydrogen-bond donors (Lipinski definition) is 1. The lowest BCUT2D eigenvalue weighted by Crippen LogP contribution is -2.39. The van der Waals surface area contributed by atoms with Gasteiger partial charge < -0.3 is 4.55 Å². The van der Waals surface area contributed by atoms with Gasteiger partial charge in [0, 0.05) is 5.56 Å². The predicted molar refractivity (Wildman–Crippen MR) is 52.7 cm³/mol. The average molecular weight is 214 g/mol. The highest BCUT2D eigenvalue weighted by atomic mass is 32.2. The van der Waals surface area contributed by atoms with Gasteiger partial charge in [0.2, 0.25) is 0 Å². The second-order valence-electron chi connectivity index (χ2n) is 3.58. The topological polar surface area (TPSA) is 37.3 Å². The van der Waals surface area contributed by atoms with E-state index >= 15 is 0 Å². The Morgan fingerprint density at radius 2 is 2.00 bits per heavy atom. The standard InChI is InChI=1S/C10H11FO2S/c11-9-5-2-1-4-8(9)10(14(12)13)6-3-7-10/h1-2,4-5H,3,6-7H2,(H,12,13). The SMILES string of the molecule is O=S(O)C1(c2ccccc2F)CCC1. The zero-order valence-corrected chi connectivity index (χ0v) is 8.39. The van der Waals surface area contributed by atoms with E-state index in [-0.39, 0.29) is 5.82 Å². The Balaban J connectivity index is 2.47. The lowest BCUT2D eigenvalue weighted by atomic mass is 9.78. The van der Waals surface area contributed by atoms with Crippen LogP contribution in [0.2, 0.25) is 0 Å². The van der Waals surface area contributed by atoms with Crippen molar-refractivity contribution in [1.82, 2.24) is 0 Å². The maximum atomic E-state index is 13.4. The minimum atomic E-state index is -1.98. The highest BCUT2D eigenvalue weighted by molar-refractivity contribution is 7.80. The fourth-order valence-electron chi connectivity index (χ4n) is 1.87. The quantitative estimate of drug-likeness (QED) is 0.768. The third-order valence-corrected chi connectivity index (χ3v) is 4.16. The summed E-state index contributed by atoms with van der Waals surface area (Å²) >= 11 is -1.98. The van der Waals surface area contributed by atoms with Gasteiger partial charge in [-0.3, -0.25) is 0 Å². The highest BCUT2D eigenvalue weighted by Gasteiger charge is 2.45. The summed E-state index contributed by atoms with van der Waals surface area (Å²) in [6, 6.07) is 6.22. The molecule has 0 spiro atoms. The fraction of sp³-hybridized carbons (Fsp3) is 0.400. The van der Waals surface area contributed by atoms with Gasteiger partial charge in [-0.25, -0.2) is 8.60 Å². The molecule has 0 bridgehead atoms. The van der Waals surface area contributed by atoms with E-state index in [1.54, 1.807) is 18.2 Å². The largest absolute Gasteiger partial charge is 0.305 e. The maximum absolute atomic E-state index is 13.4. The molecular formula is C10H11FO2S. The number of halogens is 1. The van der Waals surface area contributed by atoms with Crippen molar-refractivity contribution in [1.29, 1.82) is 0 Å². The molecule has 1 saturated carbocycles. The molecule has 1 aromatic rings. The highest BCUT2D eigenvalue weighted by Crippen LogP contribution is 2.46. The van der Waals surface area contributed by atoms with Gasteiger partial charge in [-0.2, -0.15) is 0 Å². The Morgan fingerprint density at radius 3 is 2.43 bits per heavy atom. The molecule has 1 N–H and O–H groups in total. The molecule has 2 rings (SSSR count). The van der Waals surface area contributed by atoms with Crippen molar-refractivity contribution >= 4 is 11.1 Å². The van der Waals surface area contributed by atoms with E-state index in [4.69, 9.17) is 0 Å². The van der Waals surface area contributed by atoms with Crippen LogP contribution >= 0.6 is 0 Å². The first-order valence-electron chi connectivity index (χ1n) is 4.53. The van der Waals surface area contributed by atoms with E-state index in [1.807, 2.05) is 0 Å². The molecule has 0 aromatic heterocycles. The smallest absolute Gasteiger partial charge is 0.163 e. The lowest BCUT2D eigenvalue weighted by molar-refractivity contribution is 0.327. The summed E-state index contributed by atoms with van der Waals surface area (Å²) in [6.45, 7) is 0. The van der Waals surface area contributed by atoms with Gasteiger partial charge in [0.15, 0.2) is 11.1 Å². The van der Waals surface area contributed by atoms with Crippen LogP contribution in [-0.2, 0) is 15.8 Å². The predicted octanol–water partition coefficient (Wildman–Crippen LogP) is 2.43. The minimum Gasteiger partial charge on any atom is -0.305 e. The van der Waals surface area contributed by atoms with Gasteiger partial charge in [-0.1, -0.05) is 18.2 Å². The van der Waals surface area contributed by atoms with Crippen LogP contribution in [-0.4, -0.2) is 8.76 Å². The van der Waals surface area contributed by atoms with Crippen LogP contribution < -0.4 is 0 Å². The first-order valence-corrected chi connectivity index (χ1v) is 5.63. The molecule has 1 atom stereocenters. The summed E-state index contributed by atoms with van der Waals surface area (Å²) in [5.74, 6) is -0.380. The molecule has 1 aliphatic rings. The van der Waals surface area contributed by atoms with Crippen molar-refractivity contribution in [3.05, 3.63) is 35.6 Å². The van der Waals surface area contributed by atoms with Gasteiger partial charge in [0.25, 0.3) is 0 Å². The maximum Gasteiger partial charge on any atom is 0.163 e. The molecule has 1 unspecified atom stereocenters. The van der Waals surface area contributed by atoms with Crippen molar-refractivity contribution in [2.24, 2.45) is 0 Å². The zero-order valence-electron chi connectivity index (χ0n) is 7.57. The molecule has 4 heteroatoms. The molecule has 0 heterocycles. The van der Waals surface area contributed by atoms with Crippen LogP contribution in [0.1, 0.15) is 24.8 Å². The summed E-state index contributed by atoms with van der Waals surface area (Å²) in [6.07, 6.45) is 2.08. The second-order valence-corrected chi connectivity index (χ2v) is 4.86. The van der Waals surface area contributed by atoms with Crippen LogP contribution in [0, 0.1) is 5.82 Å². The molecule has 0 saturated heterocycles. The summed E-state index contributed by atoms with van der Waals surface area (Å²) in [5, 5.41) is 0. The van der Waals surface area contributed by atoms with Gasteiger partial charge in [-0.05, 0) is 25.3 Å². The van der Waals surface area contributed by atoms with Crippen LogP contribution in [0.4, 0.5) is 4.39 Å². The Labute approximate surface area is 84.4 Å². The van der Waals surface area contributed by atoms with Gasteiger partial charge in [-0.15, -0.1) is 0 Å². The molecule has 2 nitrogen and oxygen atoms in total. The second kappa shape index (κ2) is 3.44. The van der Waals surface area contributed by atoms with Crippen molar-refractivity contribution in [2.75, 3.05) is 0 Å². The van der Waals surface area contributed by atoms with Crippen LogP contribution in [0.5, 0.6) is 0 Å². The average Bonchev–Trinajstić information content (AvgIpc) is 2.05. The van der Waals surface area contributed by atoms with Gasteiger partial charge in [0.1, 0.15) is 5.82 Å². The van der Waals surface area contributed by atoms with Crippen molar-refractivity contribution in [2.45, 2.75) is 24.0 Å². The Bertz CT molecular complexity index is 374. The normalized spacial score (nSPS) is 21.3. The Kier molecular flexibility index (Phi) is 2.41. The monoisotopic (exact) mass is 214 g/mol. The minimum absolute atomic E-state index is 0.380. The molecule has 0 radical (unpaired) electrons. The van der Waals surface area contributed by atoms with E-state index in [0.29, 0.717) is 18.4 Å². The molecule has 1 fully saturated rings. The van der Waals surface area contributed by atoms with Gasteiger partial charge in [0.05, 0.1) is 4.75 Å². The van der Waals surface area contributed by atoms with Crippen molar-refractivity contribution in [3.8, 4) is 0 Å². The molecule has 14 heavy (non-hydrogen) atoms. The van der Waals surface area contributed by atoms with Crippen molar-refractivity contribution < 1.29 is 13.2 Å².